The molecule has 2 aromatic heterocycles. The fraction of sp³-hybridized carbons (Fsp3) is 0.0909. The predicted molar refractivity (Wildman–Crippen MR) is 62.3 cm³/mol. The molecule has 2 heterocycles. The second-order valence-corrected chi connectivity index (χ2v) is 3.72. The number of fused-ring (bicyclic) bond motifs is 1. The molecule has 88 valence electrons. The van der Waals surface area contributed by atoms with Crippen molar-refractivity contribution in [2.24, 2.45) is 0 Å². The van der Waals surface area contributed by atoms with Gasteiger partial charge in [0.15, 0.2) is 5.82 Å². The van der Waals surface area contributed by atoms with E-state index in [9.17, 15) is 0 Å². The average molecular weight is 240 g/mol. The standard InChI is InChI=1S/C11H8N6O/c12-4-7-1-2-8-9(3-7)17(11(13)15-8)5-10-14-6-18-16-10/h1-3,6H,5H2,(H2,13,15). The second kappa shape index (κ2) is 3.85. The fourth-order valence-corrected chi connectivity index (χ4v) is 1.78. The lowest BCUT2D eigenvalue weighted by Gasteiger charge is -2.02. The molecule has 0 fully saturated rings. The number of rotatable bonds is 2. The molecule has 7 heteroatoms. The zero-order valence-corrected chi connectivity index (χ0v) is 9.24. The maximum atomic E-state index is 8.90. The Hall–Kier alpha value is -2.88. The van der Waals surface area contributed by atoms with E-state index in [-0.39, 0.29) is 0 Å². The molecule has 3 aromatic rings. The van der Waals surface area contributed by atoms with E-state index in [4.69, 9.17) is 11.0 Å². The Morgan fingerprint density at radius 1 is 1.44 bits per heavy atom. The number of benzene rings is 1. The summed E-state index contributed by atoms with van der Waals surface area (Å²) >= 11 is 0. The third kappa shape index (κ3) is 1.56. The van der Waals surface area contributed by atoms with Crippen molar-refractivity contribution in [1.82, 2.24) is 19.7 Å². The number of aromatic nitrogens is 4. The minimum Gasteiger partial charge on any atom is -0.369 e. The van der Waals surface area contributed by atoms with Gasteiger partial charge in [-0.25, -0.2) is 4.98 Å². The van der Waals surface area contributed by atoms with Crippen molar-refractivity contribution < 1.29 is 4.52 Å². The number of nitriles is 1. The molecule has 0 saturated carbocycles. The van der Waals surface area contributed by atoms with Crippen molar-refractivity contribution in [3.63, 3.8) is 0 Å². The van der Waals surface area contributed by atoms with Crippen LogP contribution >= 0.6 is 0 Å². The van der Waals surface area contributed by atoms with Crippen LogP contribution in [0.2, 0.25) is 0 Å². The Morgan fingerprint density at radius 3 is 3.06 bits per heavy atom. The first-order valence-corrected chi connectivity index (χ1v) is 5.19. The SMILES string of the molecule is N#Cc1ccc2nc(N)n(Cc3ncon3)c2c1. The Morgan fingerprint density at radius 2 is 2.33 bits per heavy atom. The van der Waals surface area contributed by atoms with Gasteiger partial charge in [-0.05, 0) is 18.2 Å². The van der Waals surface area contributed by atoms with Crippen LogP contribution in [0, 0.1) is 11.3 Å². The fourth-order valence-electron chi connectivity index (χ4n) is 1.78. The van der Waals surface area contributed by atoms with Gasteiger partial charge in [-0.15, -0.1) is 0 Å². The summed E-state index contributed by atoms with van der Waals surface area (Å²) in [4.78, 5) is 8.15. The minimum absolute atomic E-state index is 0.352. The van der Waals surface area contributed by atoms with Crippen LogP contribution in [0.3, 0.4) is 0 Å². The predicted octanol–water partition coefficient (Wildman–Crippen LogP) is 0.921. The lowest BCUT2D eigenvalue weighted by atomic mass is 10.2. The lowest BCUT2D eigenvalue weighted by molar-refractivity contribution is 0.408. The summed E-state index contributed by atoms with van der Waals surface area (Å²) in [5.41, 5.74) is 7.90. The molecular weight excluding hydrogens is 232 g/mol. The number of anilines is 1. The van der Waals surface area contributed by atoms with Crippen molar-refractivity contribution in [2.75, 3.05) is 5.73 Å². The van der Waals surface area contributed by atoms with Gasteiger partial charge >= 0.3 is 0 Å². The summed E-state index contributed by atoms with van der Waals surface area (Å²) < 4.78 is 6.41. The van der Waals surface area contributed by atoms with Gasteiger partial charge in [0.05, 0.1) is 29.2 Å². The molecule has 0 unspecified atom stereocenters. The van der Waals surface area contributed by atoms with Crippen LogP contribution < -0.4 is 5.73 Å². The summed E-state index contributed by atoms with van der Waals surface area (Å²) in [5, 5.41) is 12.6. The van der Waals surface area contributed by atoms with Gasteiger partial charge in [-0.2, -0.15) is 10.2 Å². The molecular formula is C11H8N6O. The van der Waals surface area contributed by atoms with E-state index in [1.165, 1.54) is 6.39 Å². The number of nitrogens with two attached hydrogens (primary N) is 1. The van der Waals surface area contributed by atoms with E-state index >= 15 is 0 Å². The number of hydrogen-bond donors (Lipinski definition) is 1. The van der Waals surface area contributed by atoms with Gasteiger partial charge in [0, 0.05) is 0 Å². The molecule has 0 radical (unpaired) electrons. The van der Waals surface area contributed by atoms with Gasteiger partial charge in [-0.3, -0.25) is 0 Å². The highest BCUT2D eigenvalue weighted by molar-refractivity contribution is 5.79. The van der Waals surface area contributed by atoms with Crippen molar-refractivity contribution in [2.45, 2.75) is 6.54 Å². The zero-order chi connectivity index (χ0) is 12.5. The normalized spacial score (nSPS) is 10.6. The Balaban J connectivity index is 2.15. The maximum absolute atomic E-state index is 8.90. The van der Waals surface area contributed by atoms with E-state index in [0.717, 1.165) is 11.0 Å². The Labute approximate surface area is 101 Å². The summed E-state index contributed by atoms with van der Waals surface area (Å²) in [5.74, 6) is 0.855. The molecule has 0 aliphatic heterocycles. The van der Waals surface area contributed by atoms with Gasteiger partial charge in [-0.1, -0.05) is 5.16 Å². The van der Waals surface area contributed by atoms with E-state index < -0.39 is 0 Å². The molecule has 7 nitrogen and oxygen atoms in total. The lowest BCUT2D eigenvalue weighted by Crippen LogP contribution is -2.05. The third-order valence-electron chi connectivity index (χ3n) is 2.61. The molecule has 0 aliphatic rings. The number of nitrogens with zero attached hydrogens (tertiary/aromatic N) is 5. The minimum atomic E-state index is 0.352. The van der Waals surface area contributed by atoms with Gasteiger partial charge in [0.25, 0.3) is 0 Å². The zero-order valence-electron chi connectivity index (χ0n) is 9.24. The first-order chi connectivity index (χ1) is 8.78. The topological polar surface area (TPSA) is 107 Å². The van der Waals surface area contributed by atoms with E-state index in [2.05, 4.69) is 25.7 Å². The van der Waals surface area contributed by atoms with Gasteiger partial charge in [0.2, 0.25) is 12.3 Å². The van der Waals surface area contributed by atoms with Crippen molar-refractivity contribution in [1.29, 1.82) is 5.26 Å². The van der Waals surface area contributed by atoms with E-state index in [1.807, 2.05) is 0 Å². The molecule has 0 saturated heterocycles. The third-order valence-corrected chi connectivity index (χ3v) is 2.61. The van der Waals surface area contributed by atoms with Crippen LogP contribution in [0.15, 0.2) is 29.1 Å². The molecule has 18 heavy (non-hydrogen) atoms. The van der Waals surface area contributed by atoms with Crippen LogP contribution in [0.1, 0.15) is 11.4 Å². The number of nitrogen functional groups attached to an aromatic ring is 1. The second-order valence-electron chi connectivity index (χ2n) is 3.72. The molecule has 0 amide bonds. The van der Waals surface area contributed by atoms with Crippen molar-refractivity contribution >= 4 is 17.0 Å². The molecule has 1 aromatic carbocycles. The number of hydrogen-bond acceptors (Lipinski definition) is 6. The molecule has 0 atom stereocenters. The van der Waals surface area contributed by atoms with Crippen LogP contribution in [-0.4, -0.2) is 19.7 Å². The van der Waals surface area contributed by atoms with Crippen LogP contribution in [0.4, 0.5) is 5.95 Å². The van der Waals surface area contributed by atoms with Crippen LogP contribution in [0.25, 0.3) is 11.0 Å². The highest BCUT2D eigenvalue weighted by Crippen LogP contribution is 2.19. The molecule has 0 aliphatic carbocycles. The first-order valence-electron chi connectivity index (χ1n) is 5.19. The number of imidazole rings is 1. The van der Waals surface area contributed by atoms with Gasteiger partial charge in [0.1, 0.15) is 0 Å². The molecule has 2 N–H and O–H groups in total. The van der Waals surface area contributed by atoms with Crippen molar-refractivity contribution in [3.8, 4) is 6.07 Å². The quantitative estimate of drug-likeness (QED) is 0.713. The molecule has 0 spiro atoms. The monoisotopic (exact) mass is 240 g/mol. The summed E-state index contributed by atoms with van der Waals surface area (Å²) in [7, 11) is 0. The smallest absolute Gasteiger partial charge is 0.213 e. The van der Waals surface area contributed by atoms with Gasteiger partial charge < -0.3 is 14.8 Å². The Bertz CT molecular complexity index is 737. The van der Waals surface area contributed by atoms with Crippen molar-refractivity contribution in [3.05, 3.63) is 36.0 Å². The average Bonchev–Trinajstić information content (AvgIpc) is 2.99. The highest BCUT2D eigenvalue weighted by Gasteiger charge is 2.11. The molecule has 0 bridgehead atoms. The van der Waals surface area contributed by atoms with E-state index in [0.29, 0.717) is 23.9 Å². The first kappa shape index (κ1) is 10.3. The summed E-state index contributed by atoms with van der Waals surface area (Å²) in [6, 6.07) is 7.28. The largest absolute Gasteiger partial charge is 0.369 e. The van der Waals surface area contributed by atoms with Crippen LogP contribution in [0.5, 0.6) is 0 Å². The summed E-state index contributed by atoms with van der Waals surface area (Å²) in [6.07, 6.45) is 1.26. The van der Waals surface area contributed by atoms with E-state index in [1.54, 1.807) is 22.8 Å². The maximum Gasteiger partial charge on any atom is 0.213 e. The summed E-state index contributed by atoms with van der Waals surface area (Å²) in [6.45, 7) is 0.355. The molecule has 3 rings (SSSR count). The highest BCUT2D eigenvalue weighted by atomic mass is 16.5. The van der Waals surface area contributed by atoms with Crippen LogP contribution in [-0.2, 0) is 6.54 Å². The Kier molecular flexibility index (Phi) is 2.20.